The summed E-state index contributed by atoms with van der Waals surface area (Å²) in [5.74, 6) is -3.49. The fraction of sp³-hybridized carbons (Fsp3) is 0.615. The summed E-state index contributed by atoms with van der Waals surface area (Å²) >= 11 is 1.67. The zero-order valence-electron chi connectivity index (χ0n) is 12.7. The van der Waals surface area contributed by atoms with Crippen LogP contribution in [0.2, 0.25) is 0 Å². The number of nitrogens with zero attached hydrogens (tertiary/aromatic N) is 2. The molecule has 1 heterocycles. The molecule has 1 unspecified atom stereocenters. The number of hydrogen-bond acceptors (Lipinski definition) is 5. The molecule has 10 heteroatoms. The van der Waals surface area contributed by atoms with E-state index in [0.717, 1.165) is 11.6 Å². The number of esters is 2. The SMILES string of the molecule is CCOC(=O)c1c(I)nn(CC(C)C(F)(F)F)c1C(=O)OCC. The van der Waals surface area contributed by atoms with E-state index in [-0.39, 0.29) is 28.2 Å². The van der Waals surface area contributed by atoms with Crippen molar-refractivity contribution in [2.24, 2.45) is 5.92 Å². The summed E-state index contributed by atoms with van der Waals surface area (Å²) in [4.78, 5) is 24.0. The van der Waals surface area contributed by atoms with E-state index in [4.69, 9.17) is 9.47 Å². The molecule has 6 nitrogen and oxygen atoms in total. The highest BCUT2D eigenvalue weighted by Gasteiger charge is 2.38. The van der Waals surface area contributed by atoms with Gasteiger partial charge in [0.2, 0.25) is 0 Å². The molecule has 130 valence electrons. The minimum atomic E-state index is -4.45. The normalized spacial score (nSPS) is 12.8. The van der Waals surface area contributed by atoms with Crippen LogP contribution in [0.15, 0.2) is 0 Å². The fourth-order valence-electron chi connectivity index (χ4n) is 1.72. The van der Waals surface area contributed by atoms with Crippen LogP contribution in [0.25, 0.3) is 0 Å². The maximum atomic E-state index is 12.8. The first-order valence-corrected chi connectivity index (χ1v) is 7.88. The third kappa shape index (κ3) is 4.82. The lowest BCUT2D eigenvalue weighted by molar-refractivity contribution is -0.173. The number of carbonyl (C=O) groups excluding carboxylic acids is 2. The van der Waals surface area contributed by atoms with Gasteiger partial charge in [0, 0.05) is 0 Å². The van der Waals surface area contributed by atoms with Gasteiger partial charge in [-0.15, -0.1) is 0 Å². The summed E-state index contributed by atoms with van der Waals surface area (Å²) in [7, 11) is 0. The Morgan fingerprint density at radius 3 is 2.22 bits per heavy atom. The van der Waals surface area contributed by atoms with E-state index >= 15 is 0 Å². The van der Waals surface area contributed by atoms with Crippen molar-refractivity contribution < 1.29 is 32.2 Å². The lowest BCUT2D eigenvalue weighted by atomic mass is 10.1. The molecule has 1 aromatic rings. The molecule has 0 saturated heterocycles. The molecular weight excluding hydrogens is 432 g/mol. The number of carbonyl (C=O) groups is 2. The van der Waals surface area contributed by atoms with Crippen molar-refractivity contribution in [3.63, 3.8) is 0 Å². The molecule has 0 fully saturated rings. The molecule has 0 aliphatic carbocycles. The van der Waals surface area contributed by atoms with Crippen LogP contribution in [0, 0.1) is 9.62 Å². The van der Waals surface area contributed by atoms with E-state index in [1.54, 1.807) is 36.4 Å². The van der Waals surface area contributed by atoms with Gasteiger partial charge in [0.25, 0.3) is 0 Å². The van der Waals surface area contributed by atoms with Crippen molar-refractivity contribution in [1.82, 2.24) is 9.78 Å². The van der Waals surface area contributed by atoms with Gasteiger partial charge in [0.1, 0.15) is 9.26 Å². The first-order chi connectivity index (χ1) is 10.6. The Labute approximate surface area is 144 Å². The van der Waals surface area contributed by atoms with Crippen LogP contribution in [-0.2, 0) is 16.0 Å². The Kier molecular flexibility index (Phi) is 6.84. The Bertz CT molecular complexity index is 587. The second-order valence-corrected chi connectivity index (χ2v) is 5.60. The number of alkyl halides is 3. The molecule has 0 radical (unpaired) electrons. The summed E-state index contributed by atoms with van der Waals surface area (Å²) in [6.45, 7) is 3.55. The van der Waals surface area contributed by atoms with E-state index < -0.39 is 30.6 Å². The Balaban J connectivity index is 3.32. The zero-order chi connectivity index (χ0) is 17.8. The van der Waals surface area contributed by atoms with Crippen LogP contribution in [-0.4, -0.2) is 41.1 Å². The number of ether oxygens (including phenoxy) is 2. The van der Waals surface area contributed by atoms with Gasteiger partial charge >= 0.3 is 18.1 Å². The molecule has 1 rings (SSSR count). The molecule has 0 bridgehead atoms. The molecular formula is C13H16F3IN2O4. The van der Waals surface area contributed by atoms with Gasteiger partial charge in [-0.05, 0) is 36.4 Å². The van der Waals surface area contributed by atoms with E-state index in [2.05, 4.69) is 5.10 Å². The smallest absolute Gasteiger partial charge is 0.393 e. The van der Waals surface area contributed by atoms with Crippen LogP contribution < -0.4 is 0 Å². The molecule has 0 amide bonds. The van der Waals surface area contributed by atoms with Crippen molar-refractivity contribution in [2.75, 3.05) is 13.2 Å². The Morgan fingerprint density at radius 1 is 1.22 bits per heavy atom. The monoisotopic (exact) mass is 448 g/mol. The van der Waals surface area contributed by atoms with Crippen LogP contribution in [0.5, 0.6) is 0 Å². The third-order valence-corrected chi connectivity index (χ3v) is 3.62. The average molecular weight is 448 g/mol. The summed E-state index contributed by atoms with van der Waals surface area (Å²) < 4.78 is 48.9. The first kappa shape index (κ1) is 19.7. The summed E-state index contributed by atoms with van der Waals surface area (Å²) in [5, 5.41) is 3.87. The molecule has 23 heavy (non-hydrogen) atoms. The minimum Gasteiger partial charge on any atom is -0.462 e. The standard InChI is InChI=1S/C13H16F3IN2O4/c1-4-22-11(20)8-9(12(21)23-5-2)19(18-10(8)17)6-7(3)13(14,15)16/h7H,4-6H2,1-3H3. The molecule has 1 atom stereocenters. The molecule has 0 saturated carbocycles. The highest BCUT2D eigenvalue weighted by Crippen LogP contribution is 2.28. The molecule has 0 spiro atoms. The maximum Gasteiger partial charge on any atom is 0.393 e. The van der Waals surface area contributed by atoms with E-state index in [1.165, 1.54) is 0 Å². The third-order valence-electron chi connectivity index (χ3n) is 2.86. The van der Waals surface area contributed by atoms with Crippen molar-refractivity contribution in [1.29, 1.82) is 0 Å². The molecule has 0 N–H and O–H groups in total. The van der Waals surface area contributed by atoms with Crippen molar-refractivity contribution in [3.8, 4) is 0 Å². The highest BCUT2D eigenvalue weighted by molar-refractivity contribution is 14.1. The molecule has 0 aliphatic rings. The number of halogens is 4. The second kappa shape index (κ2) is 7.97. The highest BCUT2D eigenvalue weighted by atomic mass is 127. The molecule has 0 aliphatic heterocycles. The number of aromatic nitrogens is 2. The molecule has 0 aromatic carbocycles. The fourth-order valence-corrected chi connectivity index (χ4v) is 2.45. The summed E-state index contributed by atoms with van der Waals surface area (Å²) in [6, 6.07) is 0. The predicted molar refractivity (Wildman–Crippen MR) is 82.1 cm³/mol. The van der Waals surface area contributed by atoms with Crippen molar-refractivity contribution >= 4 is 34.5 Å². The van der Waals surface area contributed by atoms with Gasteiger partial charge in [-0.25, -0.2) is 9.59 Å². The Hall–Kier alpha value is -1.33. The van der Waals surface area contributed by atoms with Crippen LogP contribution in [0.4, 0.5) is 13.2 Å². The van der Waals surface area contributed by atoms with Gasteiger partial charge in [0.15, 0.2) is 5.69 Å². The van der Waals surface area contributed by atoms with Gasteiger partial charge in [-0.2, -0.15) is 18.3 Å². The average Bonchev–Trinajstić information content (AvgIpc) is 2.74. The Morgan fingerprint density at radius 2 is 1.74 bits per heavy atom. The zero-order valence-corrected chi connectivity index (χ0v) is 14.9. The topological polar surface area (TPSA) is 70.4 Å². The summed E-state index contributed by atoms with van der Waals surface area (Å²) in [5.41, 5.74) is -0.508. The van der Waals surface area contributed by atoms with E-state index in [1.807, 2.05) is 0 Å². The second-order valence-electron chi connectivity index (χ2n) is 4.58. The quantitative estimate of drug-likeness (QED) is 0.495. The number of hydrogen-bond donors (Lipinski definition) is 0. The first-order valence-electron chi connectivity index (χ1n) is 6.80. The van der Waals surface area contributed by atoms with Gasteiger partial charge in [-0.1, -0.05) is 6.92 Å². The van der Waals surface area contributed by atoms with E-state index in [0.29, 0.717) is 0 Å². The molecule has 1 aromatic heterocycles. The van der Waals surface area contributed by atoms with Gasteiger partial charge < -0.3 is 9.47 Å². The van der Waals surface area contributed by atoms with E-state index in [9.17, 15) is 22.8 Å². The van der Waals surface area contributed by atoms with Gasteiger partial charge in [-0.3, -0.25) is 4.68 Å². The van der Waals surface area contributed by atoms with Crippen molar-refractivity contribution in [3.05, 3.63) is 15.0 Å². The summed E-state index contributed by atoms with van der Waals surface area (Å²) in [6.07, 6.45) is -4.45. The predicted octanol–water partition coefficient (Wildman–Crippen LogP) is 3.04. The van der Waals surface area contributed by atoms with Gasteiger partial charge in [0.05, 0.1) is 25.7 Å². The van der Waals surface area contributed by atoms with Crippen LogP contribution in [0.1, 0.15) is 41.6 Å². The largest absolute Gasteiger partial charge is 0.462 e. The lowest BCUT2D eigenvalue weighted by Crippen LogP contribution is -2.27. The van der Waals surface area contributed by atoms with Crippen LogP contribution >= 0.6 is 22.6 Å². The van der Waals surface area contributed by atoms with Crippen LogP contribution in [0.3, 0.4) is 0 Å². The van der Waals surface area contributed by atoms with Crippen molar-refractivity contribution in [2.45, 2.75) is 33.5 Å². The minimum absolute atomic E-state index is 0.0116. The lowest BCUT2D eigenvalue weighted by Gasteiger charge is -2.16. The maximum absolute atomic E-state index is 12.8. The number of rotatable bonds is 6.